The third-order valence-electron chi connectivity index (χ3n) is 4.60. The summed E-state index contributed by atoms with van der Waals surface area (Å²) in [6.45, 7) is 7.13. The number of esters is 2. The Bertz CT molecular complexity index is 665. The van der Waals surface area contributed by atoms with E-state index < -0.39 is 5.97 Å². The quantitative estimate of drug-likeness (QED) is 0.622. The van der Waals surface area contributed by atoms with E-state index in [0.717, 1.165) is 19.4 Å². The summed E-state index contributed by atoms with van der Waals surface area (Å²) in [4.78, 5) is 41.4. The van der Waals surface area contributed by atoms with Crippen LogP contribution in [0.4, 0.5) is 0 Å². The molecule has 0 aromatic carbocycles. The Morgan fingerprint density at radius 2 is 2.00 bits per heavy atom. The summed E-state index contributed by atoms with van der Waals surface area (Å²) >= 11 is 0. The van der Waals surface area contributed by atoms with Crippen molar-refractivity contribution in [1.82, 2.24) is 9.88 Å². The summed E-state index contributed by atoms with van der Waals surface area (Å²) in [5.41, 5.74) is 2.06. The minimum absolute atomic E-state index is 0.0970. The van der Waals surface area contributed by atoms with Crippen LogP contribution in [0.25, 0.3) is 0 Å². The maximum absolute atomic E-state index is 12.7. The lowest BCUT2D eigenvalue weighted by Crippen LogP contribution is -2.42. The summed E-state index contributed by atoms with van der Waals surface area (Å²) in [5.74, 6) is -0.927. The second-order valence-corrected chi connectivity index (χ2v) is 6.37. The monoisotopic (exact) mass is 350 g/mol. The van der Waals surface area contributed by atoms with Crippen molar-refractivity contribution in [3.05, 3.63) is 22.5 Å². The molecule has 0 spiro atoms. The molecule has 7 nitrogen and oxygen atoms in total. The summed E-state index contributed by atoms with van der Waals surface area (Å²) in [5, 5.41) is 0. The predicted molar refractivity (Wildman–Crippen MR) is 91.7 cm³/mol. The number of ketones is 1. The van der Waals surface area contributed by atoms with Gasteiger partial charge in [-0.05, 0) is 45.7 Å². The van der Waals surface area contributed by atoms with Gasteiger partial charge in [0.05, 0.1) is 37.4 Å². The number of H-pyrrole nitrogens is 1. The smallest absolute Gasteiger partial charge is 0.339 e. The number of aromatic nitrogens is 1. The van der Waals surface area contributed by atoms with Gasteiger partial charge in [-0.25, -0.2) is 4.79 Å². The van der Waals surface area contributed by atoms with E-state index in [0.29, 0.717) is 35.7 Å². The Morgan fingerprint density at radius 1 is 1.28 bits per heavy atom. The molecule has 1 aromatic heterocycles. The van der Waals surface area contributed by atoms with Gasteiger partial charge in [0.25, 0.3) is 0 Å². The van der Waals surface area contributed by atoms with E-state index in [1.807, 2.05) is 4.90 Å². The Balaban J connectivity index is 2.07. The molecule has 1 atom stereocenters. The number of piperidine rings is 1. The van der Waals surface area contributed by atoms with Crippen molar-refractivity contribution in [3.63, 3.8) is 0 Å². The lowest BCUT2D eigenvalue weighted by atomic mass is 9.97. The second-order valence-electron chi connectivity index (χ2n) is 6.37. The first-order valence-corrected chi connectivity index (χ1v) is 8.58. The van der Waals surface area contributed by atoms with E-state index >= 15 is 0 Å². The lowest BCUT2D eigenvalue weighted by molar-refractivity contribution is -0.149. The van der Waals surface area contributed by atoms with E-state index in [4.69, 9.17) is 9.47 Å². The number of aromatic amines is 1. The topological polar surface area (TPSA) is 88.7 Å². The number of aryl methyl sites for hydroxylation is 1. The molecule has 1 aromatic rings. The maximum Gasteiger partial charge on any atom is 0.339 e. The van der Waals surface area contributed by atoms with Crippen LogP contribution in [0.15, 0.2) is 0 Å². The summed E-state index contributed by atoms with van der Waals surface area (Å²) in [6.07, 6.45) is 1.64. The van der Waals surface area contributed by atoms with Crippen LogP contribution < -0.4 is 0 Å². The molecule has 1 saturated heterocycles. The third kappa shape index (κ3) is 4.28. The lowest BCUT2D eigenvalue weighted by Gasteiger charge is -2.30. The van der Waals surface area contributed by atoms with Gasteiger partial charge in [-0.1, -0.05) is 0 Å². The summed E-state index contributed by atoms with van der Waals surface area (Å²) in [6, 6.07) is 0. The highest BCUT2D eigenvalue weighted by Gasteiger charge is 2.29. The van der Waals surface area contributed by atoms with Gasteiger partial charge >= 0.3 is 11.9 Å². The molecule has 0 aliphatic carbocycles. The molecular weight excluding hydrogens is 324 g/mol. The minimum atomic E-state index is -0.453. The number of nitrogens with zero attached hydrogens (tertiary/aromatic N) is 1. The highest BCUT2D eigenvalue weighted by Crippen LogP contribution is 2.22. The van der Waals surface area contributed by atoms with Gasteiger partial charge in [-0.2, -0.15) is 0 Å². The van der Waals surface area contributed by atoms with Crippen LogP contribution in [-0.4, -0.2) is 61.0 Å². The molecule has 25 heavy (non-hydrogen) atoms. The molecule has 138 valence electrons. The fraction of sp³-hybridized carbons (Fsp3) is 0.611. The zero-order valence-corrected chi connectivity index (χ0v) is 15.3. The van der Waals surface area contributed by atoms with Crippen molar-refractivity contribution in [3.8, 4) is 0 Å². The first-order chi connectivity index (χ1) is 11.9. The highest BCUT2D eigenvalue weighted by molar-refractivity contribution is 6.02. The number of nitrogens with one attached hydrogen (secondary N) is 1. The van der Waals surface area contributed by atoms with Crippen molar-refractivity contribution in [2.45, 2.75) is 33.6 Å². The minimum Gasteiger partial charge on any atom is -0.466 e. The molecule has 1 N–H and O–H groups in total. The highest BCUT2D eigenvalue weighted by atomic mass is 16.5. The number of carbonyl (C=O) groups is 3. The van der Waals surface area contributed by atoms with E-state index in [2.05, 4.69) is 4.98 Å². The molecule has 1 aliphatic rings. The molecule has 0 radical (unpaired) electrons. The van der Waals surface area contributed by atoms with Crippen molar-refractivity contribution in [2.24, 2.45) is 5.92 Å². The van der Waals surface area contributed by atoms with Gasteiger partial charge in [0.15, 0.2) is 5.78 Å². The number of hydrogen-bond acceptors (Lipinski definition) is 6. The molecule has 0 saturated carbocycles. The number of hydrogen-bond donors (Lipinski definition) is 1. The van der Waals surface area contributed by atoms with Gasteiger partial charge < -0.3 is 14.5 Å². The molecule has 0 unspecified atom stereocenters. The fourth-order valence-corrected chi connectivity index (χ4v) is 3.37. The van der Waals surface area contributed by atoms with E-state index in [9.17, 15) is 14.4 Å². The van der Waals surface area contributed by atoms with Gasteiger partial charge in [-0.3, -0.25) is 14.5 Å². The molecule has 7 heteroatoms. The summed E-state index contributed by atoms with van der Waals surface area (Å²) in [7, 11) is 1.32. The van der Waals surface area contributed by atoms with Gasteiger partial charge in [-0.15, -0.1) is 0 Å². The Kier molecular flexibility index (Phi) is 6.36. The number of carbonyl (C=O) groups excluding carboxylic acids is 3. The molecule has 1 fully saturated rings. The maximum atomic E-state index is 12.7. The van der Waals surface area contributed by atoms with E-state index in [1.54, 1.807) is 20.8 Å². The normalized spacial score (nSPS) is 18.0. The fourth-order valence-electron chi connectivity index (χ4n) is 3.37. The van der Waals surface area contributed by atoms with Crippen LogP contribution in [-0.2, 0) is 14.3 Å². The molecule has 0 bridgehead atoms. The Hall–Kier alpha value is -2.15. The number of Topliss-reactive ketones (excluding diaryl/α,β-unsaturated/α-hetero) is 1. The number of ether oxygens (including phenoxy) is 2. The molecule has 2 rings (SSSR count). The van der Waals surface area contributed by atoms with Crippen molar-refractivity contribution in [1.29, 1.82) is 0 Å². The first kappa shape index (κ1) is 19.2. The van der Waals surface area contributed by atoms with Crippen LogP contribution in [0.2, 0.25) is 0 Å². The Labute approximate surface area is 147 Å². The first-order valence-electron chi connectivity index (χ1n) is 8.58. The van der Waals surface area contributed by atoms with Crippen LogP contribution in [0, 0.1) is 19.8 Å². The predicted octanol–water partition coefficient (Wildman–Crippen LogP) is 1.88. The third-order valence-corrected chi connectivity index (χ3v) is 4.60. The number of methoxy groups -OCH3 is 1. The molecular formula is C18H26N2O5. The van der Waals surface area contributed by atoms with Crippen molar-refractivity contribution in [2.75, 3.05) is 33.4 Å². The van der Waals surface area contributed by atoms with Crippen LogP contribution in [0.5, 0.6) is 0 Å². The van der Waals surface area contributed by atoms with Gasteiger partial charge in [0.2, 0.25) is 0 Å². The van der Waals surface area contributed by atoms with E-state index in [-0.39, 0.29) is 24.2 Å². The van der Waals surface area contributed by atoms with Crippen molar-refractivity contribution >= 4 is 17.7 Å². The van der Waals surface area contributed by atoms with E-state index in [1.165, 1.54) is 7.11 Å². The van der Waals surface area contributed by atoms with Crippen LogP contribution in [0.1, 0.15) is 51.9 Å². The molecule has 2 heterocycles. The molecule has 0 amide bonds. The standard InChI is InChI=1S/C18H26N2O5/c1-5-25-17(22)13-7-6-8-20(9-13)10-14(21)16-11(2)15(12(3)19-16)18(23)24-4/h13,19H,5-10H2,1-4H3/t13-/m1/s1. The number of rotatable bonds is 6. The average molecular weight is 350 g/mol. The van der Waals surface area contributed by atoms with Crippen LogP contribution in [0.3, 0.4) is 0 Å². The largest absolute Gasteiger partial charge is 0.466 e. The second kappa shape index (κ2) is 8.29. The van der Waals surface area contributed by atoms with Crippen molar-refractivity contribution < 1.29 is 23.9 Å². The average Bonchev–Trinajstić information content (AvgIpc) is 2.89. The zero-order valence-electron chi connectivity index (χ0n) is 15.3. The summed E-state index contributed by atoms with van der Waals surface area (Å²) < 4.78 is 9.86. The SMILES string of the molecule is CCOC(=O)[C@@H]1CCCN(CC(=O)c2[nH]c(C)c(C(=O)OC)c2C)C1. The zero-order chi connectivity index (χ0) is 18.6. The Morgan fingerprint density at radius 3 is 2.64 bits per heavy atom. The van der Waals surface area contributed by atoms with Crippen LogP contribution >= 0.6 is 0 Å². The number of likely N-dealkylation sites (tertiary alicyclic amines) is 1. The van der Waals surface area contributed by atoms with Gasteiger partial charge in [0.1, 0.15) is 0 Å². The van der Waals surface area contributed by atoms with Gasteiger partial charge in [0, 0.05) is 12.2 Å². The molecule has 1 aliphatic heterocycles.